The van der Waals surface area contributed by atoms with Crippen molar-refractivity contribution < 1.29 is 41.9 Å². The largest absolute Gasteiger partial charge is 0.358 e. The number of benzene rings is 3. The van der Waals surface area contributed by atoms with E-state index in [2.05, 4.69) is 84.2 Å². The molecule has 3 aromatic rings. The summed E-state index contributed by atoms with van der Waals surface area (Å²) in [5.74, 6) is -0.215. The molecule has 2 N–H and O–H groups in total. The molecule has 3 nitrogen and oxygen atoms in total. The van der Waals surface area contributed by atoms with E-state index in [0.29, 0.717) is 0 Å². The zero-order chi connectivity index (χ0) is 32.3. The molecule has 0 saturated carbocycles. The fourth-order valence-corrected chi connectivity index (χ4v) is 2.76. The van der Waals surface area contributed by atoms with Crippen LogP contribution in [0, 0.1) is 27.0 Å². The Morgan fingerprint density at radius 1 is 0.977 bits per heavy atom. The van der Waals surface area contributed by atoms with Crippen molar-refractivity contribution in [1.82, 2.24) is 10.6 Å². The molecule has 1 amide bonds. The maximum absolute atomic E-state index is 11.8. The van der Waals surface area contributed by atoms with E-state index in [4.69, 9.17) is 6.58 Å². The molecule has 0 unspecified atom stereocenters. The van der Waals surface area contributed by atoms with E-state index >= 15 is 0 Å². The van der Waals surface area contributed by atoms with Crippen LogP contribution in [0.4, 0.5) is 4.39 Å². The summed E-state index contributed by atoms with van der Waals surface area (Å²) in [5, 5.41) is 5.09. The average molecular weight is 733 g/mol. The van der Waals surface area contributed by atoms with Crippen LogP contribution in [0.3, 0.4) is 0 Å². The van der Waals surface area contributed by atoms with Gasteiger partial charge >= 0.3 is 0 Å². The Hall–Kier alpha value is -1.92. The van der Waals surface area contributed by atoms with Crippen molar-refractivity contribution in [2.24, 2.45) is 0 Å². The first-order valence-corrected chi connectivity index (χ1v) is 14.9. The summed E-state index contributed by atoms with van der Waals surface area (Å²) in [7, 11) is 0. The molecule has 0 fully saturated rings. The fourth-order valence-electron chi connectivity index (χ4n) is 2.50. The maximum Gasteiger partial charge on any atom is 0.234 e. The van der Waals surface area contributed by atoms with Crippen molar-refractivity contribution in [1.29, 1.82) is 0 Å². The Bertz CT molecular complexity index is 896. The van der Waals surface area contributed by atoms with Crippen LogP contribution < -0.4 is 10.6 Å². The number of hydrogen-bond acceptors (Lipinski definition) is 2. The van der Waals surface area contributed by atoms with Gasteiger partial charge in [-0.25, -0.2) is 16.5 Å². The minimum atomic E-state index is -0.694. The molecule has 0 aliphatic carbocycles. The van der Waals surface area contributed by atoms with E-state index in [-0.39, 0.29) is 58.6 Å². The molecule has 1 atom stereocenters. The molecule has 6 heteroatoms. The van der Waals surface area contributed by atoms with Crippen LogP contribution in [0.15, 0.2) is 102 Å². The first-order valence-electron chi connectivity index (χ1n) is 14.1. The second-order valence-electron chi connectivity index (χ2n) is 7.19. The van der Waals surface area contributed by atoms with Gasteiger partial charge in [-0.3, -0.25) is 16.7 Å². The van der Waals surface area contributed by atoms with Gasteiger partial charge in [0.2, 0.25) is 5.91 Å². The minimum absolute atomic E-state index is 0. The molecule has 0 heterocycles. The van der Waals surface area contributed by atoms with Gasteiger partial charge in [0.15, 0.2) is 0 Å². The van der Waals surface area contributed by atoms with Crippen molar-refractivity contribution in [3.8, 4) is 11.1 Å². The van der Waals surface area contributed by atoms with E-state index < -0.39 is 6.80 Å². The average Bonchev–Trinajstić information content (AvgIpc) is 3.05. The number of carbonyl (C=O) groups is 1. The van der Waals surface area contributed by atoms with Gasteiger partial charge in [0.1, 0.15) is 6.80 Å². The number of rotatable bonds is 7. The molecule has 43 heavy (non-hydrogen) atoms. The molecule has 0 spiro atoms. The van der Waals surface area contributed by atoms with Crippen LogP contribution in [0.2, 0.25) is 0 Å². The topological polar surface area (TPSA) is 41.1 Å². The predicted molar refractivity (Wildman–Crippen MR) is 191 cm³/mol. The predicted octanol–water partition coefficient (Wildman–Crippen LogP) is 11.2. The van der Waals surface area contributed by atoms with Crippen LogP contribution in [-0.4, -0.2) is 19.3 Å². The van der Waals surface area contributed by atoms with Crippen LogP contribution >= 0.6 is 15.9 Å². The summed E-state index contributed by atoms with van der Waals surface area (Å²) >= 11 is 3.34. The second kappa shape index (κ2) is 44.5. The minimum Gasteiger partial charge on any atom is -0.358 e. The maximum atomic E-state index is 11.8. The molecule has 0 bridgehead atoms. The number of halogens is 2. The third-order valence-electron chi connectivity index (χ3n) is 4.09. The molecule has 0 aliphatic heterocycles. The molecule has 1 radical (unpaired) electrons. The zero-order valence-electron chi connectivity index (χ0n) is 28.1. The Morgan fingerprint density at radius 2 is 1.40 bits per heavy atom. The van der Waals surface area contributed by atoms with Gasteiger partial charge in [-0.15, -0.1) is 5.56 Å². The molecular weight excluding hydrogens is 676 g/mol. The second-order valence-corrected chi connectivity index (χ2v) is 8.11. The summed E-state index contributed by atoms with van der Waals surface area (Å²) in [4.78, 5) is 11.3. The monoisotopic (exact) mass is 731 g/mol. The Kier molecular flexibility index (Phi) is 55.5. The van der Waals surface area contributed by atoms with Gasteiger partial charge in [0, 0.05) is 37.2 Å². The standard InChI is InChI=1S/C12H9.C11H14BrFN2O.C4H5.C3H8.2C2H6.C2H5.CH3.Y/c1-3-7-11(8-4-1)12-9-5-2-6-10-12;1-8(15-11(16)6-14-7-13)9-2-4-10(12)5-3-9;1-3-4-2;1-3-2;3*1-2;;/h1,3-10H;2-5,8,14H,6-7H2,1H3,(H,15,16);1,3-4H,2H2;3H2,1-2H3;2*1-2H3;1H2,2H3;1H3;/q-1;;-1;;;;2*-1;/t;8-;;;;;;;/m.0......./s1. The smallest absolute Gasteiger partial charge is 0.234 e. The number of nitrogens with one attached hydrogen (secondary N) is 2. The van der Waals surface area contributed by atoms with Crippen molar-refractivity contribution >= 4 is 21.8 Å². The van der Waals surface area contributed by atoms with Gasteiger partial charge in [-0.05, 0) is 30.2 Å². The van der Waals surface area contributed by atoms with Crippen LogP contribution in [0.5, 0.6) is 0 Å². The SMILES string of the molecule is CC.CC.CCC.C[C@H](NC(=O)CNCF)c1ccc(Br)cc1.[CH-]=CC=C.[CH2-]C.[CH3-].[Y].[c-]1ccc(-c2ccccc2)cc1. The molecule has 3 rings (SSSR count). The summed E-state index contributed by atoms with van der Waals surface area (Å²) in [5.41, 5.74) is 3.51. The van der Waals surface area contributed by atoms with Gasteiger partial charge in [-0.2, -0.15) is 43.8 Å². The summed E-state index contributed by atoms with van der Waals surface area (Å²) in [6.45, 7) is 26.5. The number of amides is 1. The molecule has 3 aromatic carbocycles. The van der Waals surface area contributed by atoms with Gasteiger partial charge in [0.25, 0.3) is 0 Å². The molecule has 241 valence electrons. The molecular formula is C37H56BrFN2OY-4. The zero-order valence-corrected chi connectivity index (χ0v) is 32.5. The van der Waals surface area contributed by atoms with Crippen molar-refractivity contribution in [2.75, 3.05) is 13.3 Å². The van der Waals surface area contributed by atoms with Crippen LogP contribution in [0.25, 0.3) is 11.1 Å². The van der Waals surface area contributed by atoms with Crippen molar-refractivity contribution in [3.05, 3.63) is 135 Å². The van der Waals surface area contributed by atoms with Crippen molar-refractivity contribution in [3.63, 3.8) is 0 Å². The van der Waals surface area contributed by atoms with Crippen molar-refractivity contribution in [2.45, 2.75) is 67.9 Å². The summed E-state index contributed by atoms with van der Waals surface area (Å²) in [6.07, 6.45) is 4.17. The van der Waals surface area contributed by atoms with Gasteiger partial charge in [0.05, 0.1) is 12.6 Å². The Morgan fingerprint density at radius 3 is 1.79 bits per heavy atom. The van der Waals surface area contributed by atoms with E-state index in [0.717, 1.165) is 10.0 Å². The third-order valence-corrected chi connectivity index (χ3v) is 4.62. The van der Waals surface area contributed by atoms with Gasteiger partial charge in [-0.1, -0.05) is 106 Å². The Balaban J connectivity index is -0.000000112. The quantitative estimate of drug-likeness (QED) is 0.144. The number of allylic oxidation sites excluding steroid dienone is 2. The molecule has 0 aliphatic rings. The third kappa shape index (κ3) is 34.4. The van der Waals surface area contributed by atoms with E-state index in [1.54, 1.807) is 6.92 Å². The van der Waals surface area contributed by atoms with Gasteiger partial charge < -0.3 is 19.7 Å². The van der Waals surface area contributed by atoms with Crippen LogP contribution in [0.1, 0.15) is 73.4 Å². The number of hydrogen-bond donors (Lipinski definition) is 2. The first-order chi connectivity index (χ1) is 19.9. The van der Waals surface area contributed by atoms with E-state index in [1.165, 1.54) is 29.7 Å². The number of alkyl halides is 1. The molecule has 0 saturated heterocycles. The number of carbonyl (C=O) groups excluding carboxylic acids is 1. The summed E-state index contributed by atoms with van der Waals surface area (Å²) < 4.78 is 12.8. The Labute approximate surface area is 299 Å². The first kappa shape index (κ1) is 53.6. The molecule has 0 aromatic heterocycles. The van der Waals surface area contributed by atoms with E-state index in [1.807, 2.05) is 89.2 Å². The van der Waals surface area contributed by atoms with Crippen LogP contribution in [-0.2, 0) is 37.5 Å². The summed E-state index contributed by atoms with van der Waals surface area (Å²) in [6, 6.07) is 28.9. The normalized spacial score (nSPS) is 8.53. The fraction of sp³-hybridized carbons (Fsp3) is 0.324. The van der Waals surface area contributed by atoms with E-state index in [9.17, 15) is 9.18 Å².